The van der Waals surface area contributed by atoms with Crippen LogP contribution in [-0.2, 0) is 14.3 Å². The highest BCUT2D eigenvalue weighted by Gasteiger charge is 2.30. The van der Waals surface area contributed by atoms with E-state index in [9.17, 15) is 14.4 Å². The molecule has 4 rings (SSSR count). The van der Waals surface area contributed by atoms with Gasteiger partial charge in [0.15, 0.2) is 0 Å². The Morgan fingerprint density at radius 1 is 1.02 bits per heavy atom. The first-order valence-corrected chi connectivity index (χ1v) is 16.9. The summed E-state index contributed by atoms with van der Waals surface area (Å²) in [6.07, 6.45) is 10.8. The summed E-state index contributed by atoms with van der Waals surface area (Å²) < 4.78 is 20.6. The Morgan fingerprint density at radius 2 is 1.68 bits per heavy atom. The number of amides is 3. The van der Waals surface area contributed by atoms with Crippen molar-refractivity contribution in [2.75, 3.05) is 39.3 Å². The van der Waals surface area contributed by atoms with Gasteiger partial charge in [-0.25, -0.2) is 9.18 Å². The topological polar surface area (TPSA) is 82.2 Å². The van der Waals surface area contributed by atoms with Crippen LogP contribution in [0.4, 0.5) is 9.18 Å². The molecule has 47 heavy (non-hydrogen) atoms. The van der Waals surface area contributed by atoms with Crippen LogP contribution in [0, 0.1) is 11.7 Å². The van der Waals surface area contributed by atoms with Gasteiger partial charge in [-0.2, -0.15) is 0 Å². The molecule has 0 bridgehead atoms. The molecule has 254 valence electrons. The summed E-state index contributed by atoms with van der Waals surface area (Å²) in [5.41, 5.74) is 0.583. The maximum absolute atomic E-state index is 15.1. The lowest BCUT2D eigenvalue weighted by atomic mass is 9.89. The molecular weight excluding hydrogens is 619 g/mol. The first-order valence-electron chi connectivity index (χ1n) is 16.6. The first-order chi connectivity index (χ1) is 22.4. The zero-order valence-corrected chi connectivity index (χ0v) is 28.8. The molecule has 1 atom stereocenters. The van der Waals surface area contributed by atoms with Crippen LogP contribution >= 0.6 is 11.6 Å². The molecule has 1 unspecified atom stereocenters. The van der Waals surface area contributed by atoms with E-state index in [-0.39, 0.29) is 29.4 Å². The fourth-order valence-electron chi connectivity index (χ4n) is 6.13. The molecule has 2 aliphatic rings. The number of carbonyl (C=O) groups is 3. The highest BCUT2D eigenvalue weighted by Crippen LogP contribution is 2.28. The van der Waals surface area contributed by atoms with E-state index in [0.29, 0.717) is 54.8 Å². The predicted octanol–water partition coefficient (Wildman–Crippen LogP) is 7.22. The normalized spacial score (nSPS) is 17.4. The van der Waals surface area contributed by atoms with Crippen LogP contribution in [0.5, 0.6) is 0 Å². The average Bonchev–Trinajstić information content (AvgIpc) is 3.03. The molecule has 1 aliphatic carbocycles. The zero-order chi connectivity index (χ0) is 34.0. The van der Waals surface area contributed by atoms with Crippen LogP contribution in [0.3, 0.4) is 0 Å². The fourth-order valence-corrected chi connectivity index (χ4v) is 6.26. The molecule has 8 nitrogen and oxygen atoms in total. The molecule has 1 saturated heterocycles. The zero-order valence-electron chi connectivity index (χ0n) is 28.0. The molecule has 0 radical (unpaired) electrons. The number of piperazine rings is 1. The van der Waals surface area contributed by atoms with Crippen molar-refractivity contribution in [3.8, 4) is 0 Å². The molecule has 1 N–H and O–H groups in total. The van der Waals surface area contributed by atoms with Gasteiger partial charge >= 0.3 is 6.09 Å². The van der Waals surface area contributed by atoms with Crippen LogP contribution in [0.15, 0.2) is 66.4 Å². The number of nitrogens with zero attached hydrogens (tertiary/aromatic N) is 3. The summed E-state index contributed by atoms with van der Waals surface area (Å²) in [4.78, 5) is 44.7. The second kappa shape index (κ2) is 16.9. The maximum atomic E-state index is 15.1. The minimum Gasteiger partial charge on any atom is -0.444 e. The highest BCUT2D eigenvalue weighted by molar-refractivity contribution is 6.30. The quantitative estimate of drug-likeness (QED) is 0.214. The van der Waals surface area contributed by atoms with E-state index in [2.05, 4.69) is 10.2 Å². The molecule has 0 spiro atoms. The van der Waals surface area contributed by atoms with Gasteiger partial charge in [0, 0.05) is 56.8 Å². The second-order valence-electron chi connectivity index (χ2n) is 13.4. The van der Waals surface area contributed by atoms with Gasteiger partial charge in [0.1, 0.15) is 17.1 Å². The van der Waals surface area contributed by atoms with Crippen LogP contribution in [0.2, 0.25) is 5.02 Å². The van der Waals surface area contributed by atoms with Crippen molar-refractivity contribution in [1.29, 1.82) is 0 Å². The van der Waals surface area contributed by atoms with Crippen LogP contribution in [-0.4, -0.2) is 77.5 Å². The van der Waals surface area contributed by atoms with Gasteiger partial charge in [-0.05, 0) is 69.4 Å². The van der Waals surface area contributed by atoms with Crippen molar-refractivity contribution in [1.82, 2.24) is 20.0 Å². The van der Waals surface area contributed by atoms with Crippen LogP contribution < -0.4 is 5.32 Å². The Bertz CT molecular complexity index is 1420. The van der Waals surface area contributed by atoms with E-state index < -0.39 is 11.7 Å². The van der Waals surface area contributed by atoms with Gasteiger partial charge in [0.2, 0.25) is 5.91 Å². The molecule has 10 heteroatoms. The lowest BCUT2D eigenvalue weighted by Gasteiger charge is -2.39. The van der Waals surface area contributed by atoms with Gasteiger partial charge in [-0.3, -0.25) is 19.8 Å². The largest absolute Gasteiger partial charge is 0.444 e. The second-order valence-corrected chi connectivity index (χ2v) is 13.8. The number of alkyl carbamates (subject to hydrolysis) is 1. The van der Waals surface area contributed by atoms with Crippen LogP contribution in [0.25, 0.3) is 6.08 Å². The minimum absolute atomic E-state index is 0.0391. The van der Waals surface area contributed by atoms with Crippen molar-refractivity contribution in [3.05, 3.63) is 88.3 Å². The molecule has 1 aliphatic heterocycles. The standard InChI is InChI=1S/C37H48ClFN4O4/c1-27(44)43(26-29-11-6-5-7-12-29)20-10-15-34(31-13-8-9-14-32(31)39)41-21-23-42(24-22-41)35(45)33(40-36(46)47-37(2,3)4)25-28-16-18-30(38)19-17-28/h8-10,13-19,25,29,34H,5-7,11-12,20-24,26H2,1-4H3,(H,40,46)/b15-10+,33-25+. The van der Waals surface area contributed by atoms with E-state index in [1.807, 2.05) is 23.1 Å². The van der Waals surface area contributed by atoms with Crippen molar-refractivity contribution >= 4 is 35.6 Å². The fraction of sp³-hybridized carbons (Fsp3) is 0.486. The Balaban J connectivity index is 1.48. The predicted molar refractivity (Wildman–Crippen MR) is 184 cm³/mol. The lowest BCUT2D eigenvalue weighted by molar-refractivity contribution is -0.129. The third kappa shape index (κ3) is 11.2. The lowest BCUT2D eigenvalue weighted by Crippen LogP contribution is -2.51. The summed E-state index contributed by atoms with van der Waals surface area (Å²) in [7, 11) is 0. The van der Waals surface area contributed by atoms with Gasteiger partial charge in [-0.1, -0.05) is 73.3 Å². The van der Waals surface area contributed by atoms with Gasteiger partial charge in [0.05, 0.1) is 6.04 Å². The summed E-state index contributed by atoms with van der Waals surface area (Å²) in [5.74, 6) is -0.0843. The smallest absolute Gasteiger partial charge is 0.412 e. The molecule has 2 aromatic carbocycles. The van der Waals surface area contributed by atoms with E-state index in [1.165, 1.54) is 25.3 Å². The van der Waals surface area contributed by atoms with E-state index >= 15 is 4.39 Å². The summed E-state index contributed by atoms with van der Waals surface area (Å²) in [6, 6.07) is 13.3. The molecule has 1 heterocycles. The number of halogens is 2. The van der Waals surface area contributed by atoms with Gasteiger partial charge in [-0.15, -0.1) is 0 Å². The molecule has 2 aromatic rings. The Hall–Kier alpha value is -3.69. The minimum atomic E-state index is -0.739. The number of nitrogens with one attached hydrogen (secondary N) is 1. The molecular formula is C37H48ClFN4O4. The van der Waals surface area contributed by atoms with E-state index in [0.717, 1.165) is 19.4 Å². The number of hydrogen-bond acceptors (Lipinski definition) is 5. The SMILES string of the molecule is CC(=O)N(C/C=C/C(c1ccccc1F)N1CCN(C(=O)/C(=C\c2ccc(Cl)cc2)NC(=O)OC(C)(C)C)CC1)CC1CCCCC1. The number of benzene rings is 2. The summed E-state index contributed by atoms with van der Waals surface area (Å²) >= 11 is 6.05. The monoisotopic (exact) mass is 666 g/mol. The molecule has 3 amide bonds. The van der Waals surface area contributed by atoms with Crippen molar-refractivity contribution in [3.63, 3.8) is 0 Å². The van der Waals surface area contributed by atoms with Crippen molar-refractivity contribution in [2.24, 2.45) is 5.92 Å². The van der Waals surface area contributed by atoms with E-state index in [4.69, 9.17) is 16.3 Å². The van der Waals surface area contributed by atoms with Crippen molar-refractivity contribution < 1.29 is 23.5 Å². The Kier molecular flexibility index (Phi) is 13.0. The van der Waals surface area contributed by atoms with Crippen molar-refractivity contribution in [2.45, 2.75) is 71.4 Å². The van der Waals surface area contributed by atoms with Gasteiger partial charge in [0.25, 0.3) is 5.91 Å². The summed E-state index contributed by atoms with van der Waals surface area (Å²) in [6.45, 7) is 9.77. The van der Waals surface area contributed by atoms with Gasteiger partial charge < -0.3 is 14.5 Å². The van der Waals surface area contributed by atoms with Crippen LogP contribution in [0.1, 0.15) is 77.0 Å². The Labute approximate surface area is 283 Å². The number of hydrogen-bond donors (Lipinski definition) is 1. The third-order valence-corrected chi connectivity index (χ3v) is 8.81. The molecule has 0 aromatic heterocycles. The van der Waals surface area contributed by atoms with E-state index in [1.54, 1.807) is 75.1 Å². The summed E-state index contributed by atoms with van der Waals surface area (Å²) in [5, 5.41) is 3.21. The molecule has 1 saturated carbocycles. The molecule has 2 fully saturated rings. The first kappa shape index (κ1) is 36.2. The maximum Gasteiger partial charge on any atom is 0.412 e. The Morgan fingerprint density at radius 3 is 2.30 bits per heavy atom. The number of rotatable bonds is 10. The number of ether oxygens (including phenoxy) is 1. The third-order valence-electron chi connectivity index (χ3n) is 8.56. The average molecular weight is 667 g/mol. The highest BCUT2D eigenvalue weighted by atomic mass is 35.5. The number of carbonyl (C=O) groups excluding carboxylic acids is 3.